The predicted octanol–water partition coefficient (Wildman–Crippen LogP) is -1.87. The fourth-order valence-electron chi connectivity index (χ4n) is 3.84. The van der Waals surface area contributed by atoms with Gasteiger partial charge in [0.2, 0.25) is 35.4 Å². The normalized spacial score (nSPS) is 14.8. The van der Waals surface area contributed by atoms with Crippen LogP contribution in [0.4, 0.5) is 0 Å². The second-order valence-corrected chi connectivity index (χ2v) is 11.1. The van der Waals surface area contributed by atoms with Gasteiger partial charge in [0.25, 0.3) is 0 Å². The van der Waals surface area contributed by atoms with Crippen LogP contribution in [0.2, 0.25) is 0 Å². The summed E-state index contributed by atoms with van der Waals surface area (Å²) in [7, 11) is 0. The number of hydrogen-bond acceptors (Lipinski definition) is 8. The molecule has 0 unspecified atom stereocenters. The molecule has 0 saturated heterocycles. The Balaban J connectivity index is 5.74. The fourth-order valence-corrected chi connectivity index (χ4v) is 3.84. The molecule has 9 N–H and O–H groups in total. The number of carbonyl (C=O) groups excluding carboxylic acids is 6. The zero-order valence-corrected chi connectivity index (χ0v) is 24.8. The van der Waals surface area contributed by atoms with Crippen molar-refractivity contribution in [2.75, 3.05) is 6.61 Å². The van der Waals surface area contributed by atoms with Crippen LogP contribution in [-0.4, -0.2) is 88.4 Å². The van der Waals surface area contributed by atoms with Crippen molar-refractivity contribution in [1.29, 1.82) is 0 Å². The molecule has 0 aromatic rings. The van der Waals surface area contributed by atoms with Crippen LogP contribution < -0.4 is 32.3 Å². The number of primary amides is 1. The van der Waals surface area contributed by atoms with E-state index in [4.69, 9.17) is 5.73 Å². The molecule has 15 heteroatoms. The monoisotopic (exact) mass is 586 g/mol. The quantitative estimate of drug-likeness (QED) is 0.0895. The van der Waals surface area contributed by atoms with E-state index >= 15 is 0 Å². The third-order valence-electron chi connectivity index (χ3n) is 5.84. The van der Waals surface area contributed by atoms with E-state index in [1.807, 2.05) is 27.7 Å². The highest BCUT2D eigenvalue weighted by molar-refractivity contribution is 5.97. The Labute approximate surface area is 240 Å². The zero-order chi connectivity index (χ0) is 32.0. The van der Waals surface area contributed by atoms with Crippen LogP contribution in [0.1, 0.15) is 67.7 Å². The van der Waals surface area contributed by atoms with Crippen molar-refractivity contribution in [3.63, 3.8) is 0 Å². The number of amides is 6. The Morgan fingerprint density at radius 1 is 0.634 bits per heavy atom. The van der Waals surface area contributed by atoms with Gasteiger partial charge in [0.05, 0.1) is 13.0 Å². The first-order chi connectivity index (χ1) is 18.9. The molecular formula is C26H46N6O9. The van der Waals surface area contributed by atoms with Crippen molar-refractivity contribution in [3.8, 4) is 0 Å². The second-order valence-electron chi connectivity index (χ2n) is 11.1. The van der Waals surface area contributed by atoms with Crippen molar-refractivity contribution >= 4 is 41.4 Å². The van der Waals surface area contributed by atoms with Gasteiger partial charge in [-0.2, -0.15) is 0 Å². The Hall–Kier alpha value is -3.75. The van der Waals surface area contributed by atoms with Gasteiger partial charge < -0.3 is 42.5 Å². The molecule has 0 radical (unpaired) electrons. The van der Waals surface area contributed by atoms with Crippen LogP contribution in [0.5, 0.6) is 0 Å². The number of hydrogen-bond donors (Lipinski definition) is 8. The van der Waals surface area contributed by atoms with Gasteiger partial charge in [-0.15, -0.1) is 0 Å². The van der Waals surface area contributed by atoms with Gasteiger partial charge >= 0.3 is 5.97 Å². The molecule has 0 bridgehead atoms. The third-order valence-corrected chi connectivity index (χ3v) is 5.84. The molecule has 15 nitrogen and oxygen atoms in total. The molecule has 0 aromatic carbocycles. The Morgan fingerprint density at radius 3 is 1.49 bits per heavy atom. The van der Waals surface area contributed by atoms with E-state index in [1.54, 1.807) is 13.8 Å². The summed E-state index contributed by atoms with van der Waals surface area (Å²) < 4.78 is 0. The van der Waals surface area contributed by atoms with E-state index in [-0.39, 0.29) is 24.7 Å². The minimum absolute atomic E-state index is 0.00800. The first-order valence-electron chi connectivity index (χ1n) is 13.5. The van der Waals surface area contributed by atoms with Crippen molar-refractivity contribution in [3.05, 3.63) is 0 Å². The first-order valence-corrected chi connectivity index (χ1v) is 13.5. The first kappa shape index (κ1) is 37.2. The van der Waals surface area contributed by atoms with E-state index in [1.165, 1.54) is 6.92 Å². The molecule has 0 aliphatic carbocycles. The van der Waals surface area contributed by atoms with Gasteiger partial charge in [0.1, 0.15) is 30.2 Å². The number of nitrogens with two attached hydrogens (primary N) is 1. The zero-order valence-electron chi connectivity index (χ0n) is 24.8. The number of carboxylic acid groups (broad SMARTS) is 1. The molecule has 0 rings (SSSR count). The van der Waals surface area contributed by atoms with Gasteiger partial charge in [0, 0.05) is 6.92 Å². The summed E-state index contributed by atoms with van der Waals surface area (Å²) in [6, 6.07) is -6.45. The number of nitrogens with one attached hydrogen (secondary N) is 5. The van der Waals surface area contributed by atoms with E-state index in [9.17, 15) is 43.8 Å². The summed E-state index contributed by atoms with van der Waals surface area (Å²) in [6.45, 7) is 10.8. The molecule has 41 heavy (non-hydrogen) atoms. The summed E-state index contributed by atoms with van der Waals surface area (Å²) in [6.07, 6.45) is -0.360. The Kier molecular flexibility index (Phi) is 16.2. The SMILES string of the molecule is CC(=O)N[C@@H](CC(C)C)C(=O)N[C@@H](CC(=O)O)C(=O)N[C@H](C(=O)N[C@@H](CO)C(=O)N[C@@H](CC(C)C)C(N)=O)C(C)C. The highest BCUT2D eigenvalue weighted by atomic mass is 16.4. The van der Waals surface area contributed by atoms with Gasteiger partial charge in [-0.1, -0.05) is 41.5 Å². The number of rotatable bonds is 18. The molecule has 5 atom stereocenters. The third kappa shape index (κ3) is 14.4. The smallest absolute Gasteiger partial charge is 0.305 e. The van der Waals surface area contributed by atoms with E-state index in [0.717, 1.165) is 0 Å². The van der Waals surface area contributed by atoms with E-state index < -0.39 is 90.6 Å². The number of carboxylic acids is 1. The van der Waals surface area contributed by atoms with Crippen LogP contribution in [0.3, 0.4) is 0 Å². The standard InChI is InChI=1S/C26H46N6O9/c1-12(2)8-16(22(27)37)29-25(40)19(11-33)31-26(41)21(14(5)6)32-24(39)18(10-20(35)36)30-23(38)17(9-13(3)4)28-15(7)34/h12-14,16-19,21,33H,8-11H2,1-7H3,(H2,27,37)(H,28,34)(H,29,40)(H,30,38)(H,31,41)(H,32,39)(H,35,36)/t16-,17-,18-,19-,21-/m0/s1. The van der Waals surface area contributed by atoms with Crippen molar-refractivity contribution < 1.29 is 43.8 Å². The van der Waals surface area contributed by atoms with E-state index in [2.05, 4.69) is 26.6 Å². The average molecular weight is 587 g/mol. The molecule has 0 aliphatic rings. The maximum atomic E-state index is 13.1. The largest absolute Gasteiger partial charge is 0.481 e. The summed E-state index contributed by atoms with van der Waals surface area (Å²) in [5.41, 5.74) is 5.34. The molecule has 0 spiro atoms. The van der Waals surface area contributed by atoms with Gasteiger partial charge in [-0.05, 0) is 30.6 Å². The summed E-state index contributed by atoms with van der Waals surface area (Å²) in [5.74, 6) is -6.78. The fraction of sp³-hybridized carbons (Fsp3) is 0.731. The maximum absolute atomic E-state index is 13.1. The molecule has 0 heterocycles. The van der Waals surface area contributed by atoms with Gasteiger partial charge in [-0.3, -0.25) is 33.6 Å². The van der Waals surface area contributed by atoms with Crippen LogP contribution in [-0.2, 0) is 33.6 Å². The van der Waals surface area contributed by atoms with Crippen LogP contribution in [0.25, 0.3) is 0 Å². The number of aliphatic hydroxyl groups is 1. The molecule has 0 aliphatic heterocycles. The summed E-state index contributed by atoms with van der Waals surface area (Å²) in [5, 5.41) is 31.0. The van der Waals surface area contributed by atoms with E-state index in [0.29, 0.717) is 0 Å². The van der Waals surface area contributed by atoms with Crippen molar-refractivity contribution in [2.45, 2.75) is 97.9 Å². The van der Waals surface area contributed by atoms with Gasteiger partial charge in [0.15, 0.2) is 0 Å². The summed E-state index contributed by atoms with van der Waals surface area (Å²) >= 11 is 0. The number of aliphatic hydroxyl groups excluding tert-OH is 1. The highest BCUT2D eigenvalue weighted by Crippen LogP contribution is 2.09. The minimum atomic E-state index is -1.60. The number of aliphatic carboxylic acids is 1. The summed E-state index contributed by atoms with van der Waals surface area (Å²) in [4.78, 5) is 86.3. The molecule has 0 saturated carbocycles. The Bertz CT molecular complexity index is 954. The molecule has 0 aromatic heterocycles. The maximum Gasteiger partial charge on any atom is 0.305 e. The predicted molar refractivity (Wildman–Crippen MR) is 148 cm³/mol. The van der Waals surface area contributed by atoms with Crippen molar-refractivity contribution in [2.24, 2.45) is 23.5 Å². The lowest BCUT2D eigenvalue weighted by Gasteiger charge is -2.28. The lowest BCUT2D eigenvalue weighted by Crippen LogP contribution is -2.61. The van der Waals surface area contributed by atoms with Crippen LogP contribution in [0, 0.1) is 17.8 Å². The lowest BCUT2D eigenvalue weighted by atomic mass is 10.0. The Morgan fingerprint density at radius 2 is 1.07 bits per heavy atom. The lowest BCUT2D eigenvalue weighted by molar-refractivity contribution is -0.141. The van der Waals surface area contributed by atoms with Crippen LogP contribution in [0.15, 0.2) is 0 Å². The minimum Gasteiger partial charge on any atom is -0.481 e. The topological polar surface area (TPSA) is 246 Å². The molecule has 0 fully saturated rings. The van der Waals surface area contributed by atoms with Crippen LogP contribution >= 0.6 is 0 Å². The highest BCUT2D eigenvalue weighted by Gasteiger charge is 2.34. The molecule has 234 valence electrons. The molecular weight excluding hydrogens is 540 g/mol. The molecule has 6 amide bonds. The van der Waals surface area contributed by atoms with Crippen molar-refractivity contribution in [1.82, 2.24) is 26.6 Å². The number of carbonyl (C=O) groups is 7. The average Bonchev–Trinajstić information content (AvgIpc) is 2.82. The second kappa shape index (κ2) is 17.8. The van der Waals surface area contributed by atoms with Gasteiger partial charge in [-0.25, -0.2) is 0 Å².